The predicted octanol–water partition coefficient (Wildman–Crippen LogP) is 2.99. The number of ether oxygens (including phenoxy) is 1. The lowest BCUT2D eigenvalue weighted by molar-refractivity contribution is -0.131. The van der Waals surface area contributed by atoms with Gasteiger partial charge in [-0.15, -0.1) is 0 Å². The zero-order chi connectivity index (χ0) is 18.9. The molecule has 0 saturated carbocycles. The largest absolute Gasteiger partial charge is 0.481 e. The Morgan fingerprint density at radius 1 is 1.19 bits per heavy atom. The lowest BCUT2D eigenvalue weighted by Crippen LogP contribution is -2.52. The minimum Gasteiger partial charge on any atom is -0.481 e. The van der Waals surface area contributed by atoms with Gasteiger partial charge in [0.1, 0.15) is 0 Å². The van der Waals surface area contributed by atoms with Crippen LogP contribution in [0.15, 0.2) is 42.6 Å². The quantitative estimate of drug-likeness (QED) is 0.839. The minimum absolute atomic E-state index is 0.0924. The molecule has 5 nitrogen and oxygen atoms in total. The van der Waals surface area contributed by atoms with Gasteiger partial charge in [0.05, 0.1) is 7.11 Å². The van der Waals surface area contributed by atoms with E-state index in [0.717, 1.165) is 45.6 Å². The molecule has 2 aliphatic heterocycles. The molecule has 142 valence electrons. The van der Waals surface area contributed by atoms with Crippen LogP contribution in [0.3, 0.4) is 0 Å². The molecule has 0 radical (unpaired) electrons. The molecule has 1 amide bonds. The summed E-state index contributed by atoms with van der Waals surface area (Å²) >= 11 is 0. The Morgan fingerprint density at radius 2 is 1.96 bits per heavy atom. The lowest BCUT2D eigenvalue weighted by Gasteiger charge is -2.48. The molecular weight excluding hydrogens is 338 g/mol. The average Bonchev–Trinajstić information content (AvgIpc) is 2.70. The number of likely N-dealkylation sites (tertiary alicyclic amines) is 1. The number of hydrogen-bond acceptors (Lipinski definition) is 4. The number of fused-ring (bicyclic) bond motifs is 2. The maximum Gasteiger partial charge on any atom is 0.219 e. The molecule has 0 N–H and O–H groups in total. The first-order valence-electron chi connectivity index (χ1n) is 9.65. The zero-order valence-electron chi connectivity index (χ0n) is 16.1. The third kappa shape index (κ3) is 3.56. The van der Waals surface area contributed by atoms with Gasteiger partial charge in [-0.25, -0.2) is 4.98 Å². The monoisotopic (exact) mass is 365 g/mol. The fraction of sp³-hybridized carbons (Fsp3) is 0.455. The molecule has 0 atom stereocenters. The highest BCUT2D eigenvalue weighted by molar-refractivity contribution is 5.74. The number of pyridine rings is 1. The molecule has 27 heavy (non-hydrogen) atoms. The number of methoxy groups -OCH3 is 1. The van der Waals surface area contributed by atoms with E-state index in [-0.39, 0.29) is 11.3 Å². The molecule has 5 heteroatoms. The van der Waals surface area contributed by atoms with Gasteiger partial charge in [0.25, 0.3) is 0 Å². The lowest BCUT2D eigenvalue weighted by atomic mass is 9.69. The summed E-state index contributed by atoms with van der Waals surface area (Å²) in [5, 5.41) is 0. The summed E-state index contributed by atoms with van der Waals surface area (Å²) in [5.41, 5.74) is 4.07. The van der Waals surface area contributed by atoms with Crippen molar-refractivity contribution in [3.05, 3.63) is 59.3 Å². The van der Waals surface area contributed by atoms with Crippen LogP contribution < -0.4 is 4.74 Å². The van der Waals surface area contributed by atoms with E-state index >= 15 is 0 Å². The van der Waals surface area contributed by atoms with E-state index in [1.807, 2.05) is 17.2 Å². The summed E-state index contributed by atoms with van der Waals surface area (Å²) in [7, 11) is 1.64. The molecule has 1 spiro atoms. The number of amides is 1. The van der Waals surface area contributed by atoms with E-state index in [4.69, 9.17) is 4.74 Å². The van der Waals surface area contributed by atoms with Crippen molar-refractivity contribution >= 4 is 5.91 Å². The van der Waals surface area contributed by atoms with Gasteiger partial charge in [-0.05, 0) is 42.6 Å². The van der Waals surface area contributed by atoms with Crippen molar-refractivity contribution in [3.63, 3.8) is 0 Å². The Labute approximate surface area is 161 Å². The van der Waals surface area contributed by atoms with Crippen LogP contribution in [0.25, 0.3) is 0 Å². The SMILES string of the molecule is COc1ccc(CN2CCC3(CC2)CN(C(C)=O)Cc2ccccc23)cn1. The summed E-state index contributed by atoms with van der Waals surface area (Å²) < 4.78 is 5.14. The van der Waals surface area contributed by atoms with Gasteiger partial charge < -0.3 is 9.64 Å². The highest BCUT2D eigenvalue weighted by Gasteiger charge is 2.42. The van der Waals surface area contributed by atoms with Crippen molar-refractivity contribution in [1.29, 1.82) is 0 Å². The van der Waals surface area contributed by atoms with Crippen LogP contribution in [-0.2, 0) is 23.3 Å². The maximum atomic E-state index is 12.1. The topological polar surface area (TPSA) is 45.7 Å². The number of carbonyl (C=O) groups excluding carboxylic acids is 1. The van der Waals surface area contributed by atoms with Crippen LogP contribution in [0.4, 0.5) is 0 Å². The number of carbonyl (C=O) groups is 1. The summed E-state index contributed by atoms with van der Waals surface area (Å²) in [6, 6.07) is 12.7. The fourth-order valence-corrected chi connectivity index (χ4v) is 4.56. The average molecular weight is 365 g/mol. The number of aromatic nitrogens is 1. The van der Waals surface area contributed by atoms with Crippen molar-refractivity contribution in [2.24, 2.45) is 0 Å². The van der Waals surface area contributed by atoms with Crippen molar-refractivity contribution in [3.8, 4) is 5.88 Å². The van der Waals surface area contributed by atoms with E-state index < -0.39 is 0 Å². The smallest absolute Gasteiger partial charge is 0.219 e. The third-order valence-electron chi connectivity index (χ3n) is 6.11. The summed E-state index contributed by atoms with van der Waals surface area (Å²) in [4.78, 5) is 20.9. The van der Waals surface area contributed by atoms with Crippen LogP contribution >= 0.6 is 0 Å². The van der Waals surface area contributed by atoms with Crippen molar-refractivity contribution in [1.82, 2.24) is 14.8 Å². The van der Waals surface area contributed by atoms with Crippen LogP contribution in [0, 0.1) is 0 Å². The predicted molar refractivity (Wildman–Crippen MR) is 105 cm³/mol. The highest BCUT2D eigenvalue weighted by atomic mass is 16.5. The second-order valence-corrected chi connectivity index (χ2v) is 7.80. The van der Waals surface area contributed by atoms with Gasteiger partial charge in [0.15, 0.2) is 0 Å². The summed E-state index contributed by atoms with van der Waals surface area (Å²) in [6.07, 6.45) is 4.06. The molecule has 0 unspecified atom stereocenters. The Bertz CT molecular complexity index is 811. The van der Waals surface area contributed by atoms with Gasteiger partial charge >= 0.3 is 0 Å². The van der Waals surface area contributed by atoms with Gasteiger partial charge in [-0.2, -0.15) is 0 Å². The second-order valence-electron chi connectivity index (χ2n) is 7.80. The van der Waals surface area contributed by atoms with Crippen LogP contribution in [0.1, 0.15) is 36.5 Å². The number of benzene rings is 1. The van der Waals surface area contributed by atoms with Gasteiger partial charge in [0.2, 0.25) is 11.8 Å². The molecule has 0 aliphatic carbocycles. The summed E-state index contributed by atoms with van der Waals surface area (Å²) in [5.74, 6) is 0.829. The Balaban J connectivity index is 1.49. The van der Waals surface area contributed by atoms with E-state index in [9.17, 15) is 4.79 Å². The van der Waals surface area contributed by atoms with Crippen LogP contribution in [0.5, 0.6) is 5.88 Å². The molecule has 3 heterocycles. The standard InChI is InChI=1S/C22H27N3O2/c1-17(26)25-15-19-5-3-4-6-20(19)22(16-25)9-11-24(12-10-22)14-18-7-8-21(27-2)23-13-18/h3-8,13H,9-12,14-16H2,1-2H3. The summed E-state index contributed by atoms with van der Waals surface area (Å²) in [6.45, 7) is 6.25. The Hall–Kier alpha value is -2.40. The first-order valence-corrected chi connectivity index (χ1v) is 9.65. The maximum absolute atomic E-state index is 12.1. The van der Waals surface area contributed by atoms with Crippen molar-refractivity contribution in [2.75, 3.05) is 26.7 Å². The third-order valence-corrected chi connectivity index (χ3v) is 6.11. The zero-order valence-corrected chi connectivity index (χ0v) is 16.1. The highest BCUT2D eigenvalue weighted by Crippen LogP contribution is 2.42. The van der Waals surface area contributed by atoms with E-state index in [1.54, 1.807) is 14.0 Å². The fourth-order valence-electron chi connectivity index (χ4n) is 4.56. The molecule has 1 saturated heterocycles. The molecule has 1 aromatic carbocycles. The van der Waals surface area contributed by atoms with E-state index in [1.165, 1.54) is 16.7 Å². The molecular formula is C22H27N3O2. The number of piperidine rings is 1. The number of hydrogen-bond donors (Lipinski definition) is 0. The molecule has 4 rings (SSSR count). The van der Waals surface area contributed by atoms with Gasteiger partial charge in [-0.1, -0.05) is 30.3 Å². The van der Waals surface area contributed by atoms with E-state index in [2.05, 4.69) is 40.2 Å². The van der Waals surface area contributed by atoms with Crippen molar-refractivity contribution < 1.29 is 9.53 Å². The first kappa shape index (κ1) is 18.0. The van der Waals surface area contributed by atoms with Gasteiger partial charge in [-0.3, -0.25) is 9.69 Å². The van der Waals surface area contributed by atoms with Crippen molar-refractivity contribution in [2.45, 2.75) is 38.3 Å². The Morgan fingerprint density at radius 3 is 2.63 bits per heavy atom. The molecule has 1 aromatic heterocycles. The number of nitrogens with zero attached hydrogens (tertiary/aromatic N) is 3. The molecule has 2 aliphatic rings. The number of rotatable bonds is 3. The molecule has 0 bridgehead atoms. The first-order chi connectivity index (χ1) is 13.1. The second kappa shape index (κ2) is 7.31. The van der Waals surface area contributed by atoms with E-state index in [0.29, 0.717) is 5.88 Å². The minimum atomic E-state index is 0.0924. The Kier molecular flexibility index (Phi) is 4.87. The van der Waals surface area contributed by atoms with Crippen LogP contribution in [0.2, 0.25) is 0 Å². The normalized spacial score (nSPS) is 19.0. The van der Waals surface area contributed by atoms with Gasteiger partial charge in [0, 0.05) is 44.2 Å². The van der Waals surface area contributed by atoms with Crippen LogP contribution in [-0.4, -0.2) is 47.4 Å². The molecule has 2 aromatic rings. The molecule has 1 fully saturated rings.